The van der Waals surface area contributed by atoms with Gasteiger partial charge in [-0.1, -0.05) is 0 Å². The smallest absolute Gasteiger partial charge is 0.275 e. The van der Waals surface area contributed by atoms with E-state index in [0.717, 1.165) is 11.3 Å². The van der Waals surface area contributed by atoms with Gasteiger partial charge in [-0.15, -0.1) is 0 Å². The van der Waals surface area contributed by atoms with Gasteiger partial charge in [-0.25, -0.2) is 4.98 Å². The number of aliphatic hydroxyl groups is 2. The van der Waals surface area contributed by atoms with E-state index >= 15 is 0 Å². The number of fused-ring (bicyclic) bond motifs is 1. The number of aromatic nitrogens is 3. The standard InChI is InChI=1S/C13H20N4O3S/c1-21-6-9(10(19)5-18)3-14-2-8-4-15-12-11(8)16-7-17-13(12)20/h4,7,9-10,14-15,18-19H,2-3,5-6H2,1H3,(H,16,17,20)/t9-,10+/m0/s1. The van der Waals surface area contributed by atoms with Crippen LogP contribution in [0.1, 0.15) is 5.56 Å². The molecule has 7 nitrogen and oxygen atoms in total. The molecule has 21 heavy (non-hydrogen) atoms. The molecule has 0 fully saturated rings. The van der Waals surface area contributed by atoms with Crippen molar-refractivity contribution in [1.29, 1.82) is 0 Å². The van der Waals surface area contributed by atoms with Crippen molar-refractivity contribution >= 4 is 22.8 Å². The van der Waals surface area contributed by atoms with Gasteiger partial charge in [0.25, 0.3) is 5.56 Å². The summed E-state index contributed by atoms with van der Waals surface area (Å²) in [4.78, 5) is 21.2. The van der Waals surface area contributed by atoms with Crippen LogP contribution in [0.2, 0.25) is 0 Å². The number of rotatable bonds is 8. The lowest BCUT2D eigenvalue weighted by atomic mass is 10.1. The molecule has 0 bridgehead atoms. The van der Waals surface area contributed by atoms with E-state index in [4.69, 9.17) is 5.11 Å². The second-order valence-corrected chi connectivity index (χ2v) is 5.78. The van der Waals surface area contributed by atoms with Crippen LogP contribution in [0.5, 0.6) is 0 Å². The molecule has 0 amide bonds. The zero-order valence-corrected chi connectivity index (χ0v) is 12.6. The number of H-pyrrole nitrogens is 2. The first-order chi connectivity index (χ1) is 10.2. The van der Waals surface area contributed by atoms with Gasteiger partial charge < -0.3 is 25.5 Å². The highest BCUT2D eigenvalue weighted by molar-refractivity contribution is 7.98. The first-order valence-corrected chi connectivity index (χ1v) is 8.09. The van der Waals surface area contributed by atoms with Gasteiger partial charge in [0, 0.05) is 30.8 Å². The average molecular weight is 312 g/mol. The summed E-state index contributed by atoms with van der Waals surface area (Å²) in [6, 6.07) is 0. The van der Waals surface area contributed by atoms with Gasteiger partial charge in [0.2, 0.25) is 0 Å². The SMILES string of the molecule is CSC[C@H](CNCc1c[nH]c2c(=O)[nH]cnc12)[C@H](O)CO. The third kappa shape index (κ3) is 3.85. The highest BCUT2D eigenvalue weighted by Gasteiger charge is 2.17. The zero-order valence-electron chi connectivity index (χ0n) is 11.8. The molecule has 0 spiro atoms. The molecule has 2 atom stereocenters. The van der Waals surface area contributed by atoms with Crippen molar-refractivity contribution in [2.75, 3.05) is 25.2 Å². The summed E-state index contributed by atoms with van der Waals surface area (Å²) in [6.45, 7) is 0.884. The summed E-state index contributed by atoms with van der Waals surface area (Å²) < 4.78 is 0. The number of nitrogens with one attached hydrogen (secondary N) is 3. The predicted molar refractivity (Wildman–Crippen MR) is 83.4 cm³/mol. The van der Waals surface area contributed by atoms with Crippen LogP contribution in [0.15, 0.2) is 17.3 Å². The monoisotopic (exact) mass is 312 g/mol. The third-order valence-electron chi connectivity index (χ3n) is 3.38. The largest absolute Gasteiger partial charge is 0.394 e. The van der Waals surface area contributed by atoms with E-state index in [2.05, 4.69) is 20.3 Å². The van der Waals surface area contributed by atoms with Crippen LogP contribution in [-0.2, 0) is 6.54 Å². The normalized spacial score (nSPS) is 14.4. The summed E-state index contributed by atoms with van der Waals surface area (Å²) in [5, 5.41) is 22.0. The van der Waals surface area contributed by atoms with Gasteiger partial charge in [-0.2, -0.15) is 11.8 Å². The van der Waals surface area contributed by atoms with Gasteiger partial charge in [-0.3, -0.25) is 4.79 Å². The summed E-state index contributed by atoms with van der Waals surface area (Å²) >= 11 is 1.63. The minimum atomic E-state index is -0.728. The molecule has 2 heterocycles. The first kappa shape index (κ1) is 16.0. The highest BCUT2D eigenvalue weighted by Crippen LogP contribution is 2.13. The lowest BCUT2D eigenvalue weighted by Crippen LogP contribution is -2.35. The Balaban J connectivity index is 1.98. The van der Waals surface area contributed by atoms with E-state index in [1.165, 1.54) is 6.33 Å². The maximum absolute atomic E-state index is 11.6. The van der Waals surface area contributed by atoms with Crippen LogP contribution in [0.3, 0.4) is 0 Å². The minimum Gasteiger partial charge on any atom is -0.394 e. The lowest BCUT2D eigenvalue weighted by Gasteiger charge is -2.20. The van der Waals surface area contributed by atoms with E-state index in [0.29, 0.717) is 24.1 Å². The molecule has 0 aliphatic rings. The number of thioether (sulfide) groups is 1. The molecule has 2 aromatic rings. The molecule has 0 saturated carbocycles. The Morgan fingerprint density at radius 2 is 2.29 bits per heavy atom. The number of hydrogen-bond acceptors (Lipinski definition) is 6. The van der Waals surface area contributed by atoms with Crippen molar-refractivity contribution in [2.45, 2.75) is 12.6 Å². The summed E-state index contributed by atoms with van der Waals surface area (Å²) in [6.07, 6.45) is 4.38. The molecule has 0 aliphatic carbocycles. The zero-order chi connectivity index (χ0) is 15.2. The van der Waals surface area contributed by atoms with Gasteiger partial charge in [0.15, 0.2) is 0 Å². The fourth-order valence-electron chi connectivity index (χ4n) is 2.20. The second-order valence-electron chi connectivity index (χ2n) is 4.87. The Kier molecular flexibility index (Phi) is 5.80. The van der Waals surface area contributed by atoms with E-state index in [9.17, 15) is 9.90 Å². The van der Waals surface area contributed by atoms with Crippen molar-refractivity contribution in [1.82, 2.24) is 20.3 Å². The van der Waals surface area contributed by atoms with Gasteiger partial charge in [-0.05, 0) is 12.0 Å². The Hall–Kier alpha value is -1.35. The number of hydrogen-bond donors (Lipinski definition) is 5. The van der Waals surface area contributed by atoms with Crippen molar-refractivity contribution < 1.29 is 10.2 Å². The molecule has 0 radical (unpaired) electrons. The molecule has 2 aromatic heterocycles. The van der Waals surface area contributed by atoms with Crippen LogP contribution < -0.4 is 10.9 Å². The van der Waals surface area contributed by atoms with E-state index in [1.807, 2.05) is 6.26 Å². The molecular weight excluding hydrogens is 292 g/mol. The summed E-state index contributed by atoms with van der Waals surface area (Å²) in [7, 11) is 0. The topological polar surface area (TPSA) is 114 Å². The van der Waals surface area contributed by atoms with Crippen molar-refractivity contribution in [3.05, 3.63) is 28.4 Å². The van der Waals surface area contributed by atoms with Gasteiger partial charge in [0.05, 0.1) is 24.6 Å². The molecule has 0 aromatic carbocycles. The molecular formula is C13H20N4O3S. The first-order valence-electron chi connectivity index (χ1n) is 6.69. The summed E-state index contributed by atoms with van der Waals surface area (Å²) in [5.41, 5.74) is 1.82. The molecule has 0 aliphatic heterocycles. The van der Waals surface area contributed by atoms with Gasteiger partial charge >= 0.3 is 0 Å². The fraction of sp³-hybridized carbons (Fsp3) is 0.538. The average Bonchev–Trinajstić information content (AvgIpc) is 2.90. The lowest BCUT2D eigenvalue weighted by molar-refractivity contribution is 0.0549. The Labute approximate surface area is 126 Å². The quantitative estimate of drug-likeness (QED) is 0.456. The van der Waals surface area contributed by atoms with Crippen LogP contribution in [0.25, 0.3) is 11.0 Å². The Morgan fingerprint density at radius 3 is 3.00 bits per heavy atom. The van der Waals surface area contributed by atoms with Crippen molar-refractivity contribution in [3.63, 3.8) is 0 Å². The maximum Gasteiger partial charge on any atom is 0.275 e. The molecule has 8 heteroatoms. The van der Waals surface area contributed by atoms with Crippen molar-refractivity contribution in [3.8, 4) is 0 Å². The van der Waals surface area contributed by atoms with Crippen LogP contribution in [0, 0.1) is 5.92 Å². The van der Waals surface area contributed by atoms with Crippen molar-refractivity contribution in [2.24, 2.45) is 5.92 Å². The number of aromatic amines is 2. The molecule has 5 N–H and O–H groups in total. The molecule has 0 unspecified atom stereocenters. The number of aliphatic hydroxyl groups excluding tert-OH is 2. The predicted octanol–water partition coefficient (Wildman–Crippen LogP) is -0.327. The molecule has 2 rings (SSSR count). The fourth-order valence-corrected chi connectivity index (χ4v) is 2.97. The highest BCUT2D eigenvalue weighted by atomic mass is 32.2. The van der Waals surface area contributed by atoms with Gasteiger partial charge in [0.1, 0.15) is 5.52 Å². The summed E-state index contributed by atoms with van der Waals surface area (Å²) in [5.74, 6) is 0.743. The third-order valence-corrected chi connectivity index (χ3v) is 4.14. The van der Waals surface area contributed by atoms with Crippen LogP contribution in [-0.4, -0.2) is 56.4 Å². The number of nitrogens with zero attached hydrogens (tertiary/aromatic N) is 1. The maximum atomic E-state index is 11.6. The molecule has 116 valence electrons. The van der Waals surface area contributed by atoms with E-state index < -0.39 is 6.10 Å². The van der Waals surface area contributed by atoms with E-state index in [-0.39, 0.29) is 18.1 Å². The van der Waals surface area contributed by atoms with Crippen LogP contribution in [0.4, 0.5) is 0 Å². The van der Waals surface area contributed by atoms with Crippen LogP contribution >= 0.6 is 11.8 Å². The Morgan fingerprint density at radius 1 is 1.48 bits per heavy atom. The molecule has 0 saturated heterocycles. The second kappa shape index (κ2) is 7.60. The van der Waals surface area contributed by atoms with E-state index in [1.54, 1.807) is 18.0 Å². The Bertz CT molecular complexity index is 627. The minimum absolute atomic E-state index is 0.0217.